The summed E-state index contributed by atoms with van der Waals surface area (Å²) in [5.41, 5.74) is -1.15. The number of hydrogen-bond donors (Lipinski definition) is 3. The van der Waals surface area contributed by atoms with Gasteiger partial charge in [0.15, 0.2) is 10.8 Å². The van der Waals surface area contributed by atoms with Gasteiger partial charge in [-0.2, -0.15) is 0 Å². The Bertz CT molecular complexity index is 1710. The fraction of sp³-hybridized carbons (Fsp3) is 0.281. The van der Waals surface area contributed by atoms with Gasteiger partial charge in [-0.3, -0.25) is 29.4 Å². The number of carbonyl (C=O) groups is 5. The van der Waals surface area contributed by atoms with E-state index in [1.807, 2.05) is 0 Å². The zero-order chi connectivity index (χ0) is 34.6. The van der Waals surface area contributed by atoms with Crippen LogP contribution in [0.4, 0.5) is 10.5 Å². The average molecular weight is 678 g/mol. The molecule has 15 nitrogen and oxygen atoms in total. The van der Waals surface area contributed by atoms with E-state index in [1.165, 1.54) is 38.1 Å². The summed E-state index contributed by atoms with van der Waals surface area (Å²) >= 11 is -2.01. The lowest BCUT2D eigenvalue weighted by atomic mass is 9.87. The summed E-state index contributed by atoms with van der Waals surface area (Å²) in [5.74, 6) is -2.81. The van der Waals surface area contributed by atoms with Gasteiger partial charge in [0.05, 0.1) is 4.92 Å². The summed E-state index contributed by atoms with van der Waals surface area (Å²) in [4.78, 5) is 77.4. The van der Waals surface area contributed by atoms with Crippen LogP contribution in [-0.2, 0) is 53.0 Å². The molecule has 2 saturated heterocycles. The predicted octanol–water partition coefficient (Wildman–Crippen LogP) is 1.94. The molecular weight excluding hydrogens is 646 g/mol. The Morgan fingerprint density at radius 2 is 1.54 bits per heavy atom. The Kier molecular flexibility index (Phi) is 9.67. The number of nitrogens with zero attached hydrogens (tertiary/aromatic N) is 2. The molecule has 4 amide bonds. The van der Waals surface area contributed by atoms with Gasteiger partial charge in [-0.05, 0) is 53.8 Å². The summed E-state index contributed by atoms with van der Waals surface area (Å²) in [5, 5.41) is 17.2. The first-order valence-corrected chi connectivity index (χ1v) is 15.8. The number of nitrogens with one attached hydrogen (secondary N) is 3. The number of nitro groups is 1. The molecule has 16 heteroatoms. The minimum absolute atomic E-state index is 0.146. The van der Waals surface area contributed by atoms with E-state index in [2.05, 4.69) is 16.0 Å². The molecule has 2 unspecified atom stereocenters. The minimum Gasteiger partial charge on any atom is -0.614 e. The highest BCUT2D eigenvalue weighted by atomic mass is 32.2. The van der Waals surface area contributed by atoms with Crippen LogP contribution in [0.2, 0.25) is 0 Å². The molecule has 0 aromatic heterocycles. The summed E-state index contributed by atoms with van der Waals surface area (Å²) in [6, 6.07) is 19.3. The Labute approximate surface area is 277 Å². The molecule has 0 saturated carbocycles. The first kappa shape index (κ1) is 33.9. The van der Waals surface area contributed by atoms with Crippen molar-refractivity contribution in [3.63, 3.8) is 0 Å². The zero-order valence-corrected chi connectivity index (χ0v) is 26.5. The maximum Gasteiger partial charge on any atom is 0.408 e. The SMILES string of the molecule is CC1(C)[S+]([O-])[C@@H]2[C@H](NC=O)C(=O)N2[C@@]1(NC(=O)C(NC(=O)OCc1ccc([N+](=O)[O-])cc1)c1ccccc1)C(=O)OCc1ccccc1. The number of alkyl carbamates (subject to hydrolysis) is 1. The topological polar surface area (TPSA) is 209 Å². The molecule has 3 N–H and O–H groups in total. The first-order chi connectivity index (χ1) is 22.9. The van der Waals surface area contributed by atoms with Crippen LogP contribution in [0.25, 0.3) is 0 Å². The minimum atomic E-state index is -2.33. The van der Waals surface area contributed by atoms with Crippen LogP contribution >= 0.6 is 0 Å². The van der Waals surface area contributed by atoms with Gasteiger partial charge in [-0.15, -0.1) is 0 Å². The van der Waals surface area contributed by atoms with E-state index in [-0.39, 0.29) is 30.9 Å². The number of benzene rings is 3. The summed E-state index contributed by atoms with van der Waals surface area (Å²) in [7, 11) is 0. The third kappa shape index (κ3) is 6.14. The van der Waals surface area contributed by atoms with Crippen molar-refractivity contribution >= 4 is 47.2 Å². The highest BCUT2D eigenvalue weighted by Gasteiger charge is 2.82. The lowest BCUT2D eigenvalue weighted by Crippen LogP contribution is -2.80. The highest BCUT2D eigenvalue weighted by Crippen LogP contribution is 2.52. The molecule has 0 spiro atoms. The summed E-state index contributed by atoms with van der Waals surface area (Å²) in [6.07, 6.45) is -0.755. The Hall–Kier alpha value is -5.48. The van der Waals surface area contributed by atoms with Gasteiger partial charge in [0.1, 0.15) is 19.3 Å². The van der Waals surface area contributed by atoms with Crippen molar-refractivity contribution in [2.75, 3.05) is 0 Å². The summed E-state index contributed by atoms with van der Waals surface area (Å²) in [6.45, 7) is 2.34. The van der Waals surface area contributed by atoms with Crippen LogP contribution in [0.15, 0.2) is 84.9 Å². The van der Waals surface area contributed by atoms with E-state index >= 15 is 0 Å². The van der Waals surface area contributed by atoms with E-state index in [9.17, 15) is 38.6 Å². The number of non-ortho nitro benzene ring substituents is 1. The molecule has 5 rings (SSSR count). The molecule has 3 aromatic carbocycles. The monoisotopic (exact) mass is 677 g/mol. The fourth-order valence-corrected chi connectivity index (χ4v) is 7.68. The second kappa shape index (κ2) is 13.7. The molecule has 0 radical (unpaired) electrons. The van der Waals surface area contributed by atoms with Crippen molar-refractivity contribution < 1.29 is 42.9 Å². The van der Waals surface area contributed by atoms with Gasteiger partial charge in [-0.1, -0.05) is 60.7 Å². The number of nitro benzene ring substituents is 1. The second-order valence-corrected chi connectivity index (χ2v) is 13.5. The predicted molar refractivity (Wildman–Crippen MR) is 169 cm³/mol. The van der Waals surface area contributed by atoms with Crippen molar-refractivity contribution in [3.05, 3.63) is 112 Å². The van der Waals surface area contributed by atoms with Crippen LogP contribution in [0.1, 0.15) is 36.6 Å². The third-order valence-electron chi connectivity index (χ3n) is 8.23. The van der Waals surface area contributed by atoms with Crippen molar-refractivity contribution in [1.29, 1.82) is 0 Å². The number of fused-ring (bicyclic) bond motifs is 1. The number of amides is 4. The number of esters is 1. The van der Waals surface area contributed by atoms with Crippen molar-refractivity contribution in [2.45, 2.75) is 54.9 Å². The maximum atomic E-state index is 14.2. The molecule has 2 heterocycles. The maximum absolute atomic E-state index is 14.2. The van der Waals surface area contributed by atoms with E-state index in [4.69, 9.17) is 9.47 Å². The van der Waals surface area contributed by atoms with Gasteiger partial charge >= 0.3 is 12.1 Å². The molecule has 3 aromatic rings. The zero-order valence-electron chi connectivity index (χ0n) is 25.7. The van der Waals surface area contributed by atoms with Crippen molar-refractivity contribution in [3.8, 4) is 0 Å². The third-order valence-corrected chi connectivity index (χ3v) is 10.5. The smallest absolute Gasteiger partial charge is 0.408 e. The van der Waals surface area contributed by atoms with E-state index in [0.29, 0.717) is 11.1 Å². The fourth-order valence-electron chi connectivity index (χ4n) is 5.66. The average Bonchev–Trinajstić information content (AvgIpc) is 3.24. The van der Waals surface area contributed by atoms with Crippen LogP contribution in [0.5, 0.6) is 0 Å². The molecular formula is C32H31N5O10S. The van der Waals surface area contributed by atoms with Crippen LogP contribution in [0, 0.1) is 10.1 Å². The standard InChI is InChI=1S/C32H31N5O10S/c1-31(2)32(29(41)46-17-20-9-5-3-6-10-20,36-27(40)25(33-19-38)28(36)48(31)45)35-26(39)24(22-11-7-4-8-12-22)34-30(42)47-18-21-13-15-23(16-14-21)37(43)44/h3-16,19,24-25,28H,17-18H2,1-2H3,(H,33,38)(H,34,42)(H,35,39)/t24?,25-,28-,32+,48?/m1/s1. The number of rotatable bonds is 12. The molecule has 0 bridgehead atoms. The molecule has 2 fully saturated rings. The molecule has 5 atom stereocenters. The van der Waals surface area contributed by atoms with Gasteiger partial charge in [0.25, 0.3) is 17.3 Å². The first-order valence-electron chi connectivity index (χ1n) is 14.6. The Morgan fingerprint density at radius 3 is 2.15 bits per heavy atom. The number of ether oxygens (including phenoxy) is 2. The molecule has 2 aliphatic heterocycles. The van der Waals surface area contributed by atoms with Crippen LogP contribution in [-0.4, -0.2) is 66.5 Å². The van der Waals surface area contributed by atoms with E-state index < -0.39 is 67.8 Å². The summed E-state index contributed by atoms with van der Waals surface area (Å²) < 4.78 is 23.1. The number of β-lactam (4-membered cyclic amide) rings is 1. The number of carbonyl (C=O) groups excluding carboxylic acids is 5. The molecule has 48 heavy (non-hydrogen) atoms. The quantitative estimate of drug-likeness (QED) is 0.0634. The van der Waals surface area contributed by atoms with E-state index in [1.54, 1.807) is 60.7 Å². The van der Waals surface area contributed by atoms with Gasteiger partial charge < -0.3 is 30.0 Å². The van der Waals surface area contributed by atoms with Crippen LogP contribution in [0.3, 0.4) is 0 Å². The second-order valence-electron chi connectivity index (χ2n) is 11.4. The lowest BCUT2D eigenvalue weighted by molar-refractivity contribution is -0.384. The Balaban J connectivity index is 1.44. The lowest BCUT2D eigenvalue weighted by Gasteiger charge is -2.46. The van der Waals surface area contributed by atoms with E-state index in [0.717, 1.165) is 4.90 Å². The van der Waals surface area contributed by atoms with Gasteiger partial charge in [-0.25, -0.2) is 9.59 Å². The largest absolute Gasteiger partial charge is 0.614 e. The van der Waals surface area contributed by atoms with Crippen LogP contribution < -0.4 is 16.0 Å². The van der Waals surface area contributed by atoms with Gasteiger partial charge in [0.2, 0.25) is 17.7 Å². The van der Waals surface area contributed by atoms with Crippen molar-refractivity contribution in [2.24, 2.45) is 0 Å². The highest BCUT2D eigenvalue weighted by molar-refractivity contribution is 7.94. The molecule has 250 valence electrons. The molecule has 2 aliphatic rings. The normalized spacial score (nSPS) is 22.7. The Morgan fingerprint density at radius 1 is 0.958 bits per heavy atom. The molecule has 0 aliphatic carbocycles. The number of hydrogen-bond acceptors (Lipinski definition) is 10. The van der Waals surface area contributed by atoms with Gasteiger partial charge in [0, 0.05) is 12.1 Å². The van der Waals surface area contributed by atoms with Crippen molar-refractivity contribution in [1.82, 2.24) is 20.9 Å².